The van der Waals surface area contributed by atoms with Crippen LogP contribution in [0.5, 0.6) is 0 Å². The maximum absolute atomic E-state index is 12.3. The molecule has 2 heterocycles. The van der Waals surface area contributed by atoms with Crippen LogP contribution in [0.1, 0.15) is 16.2 Å². The van der Waals surface area contributed by atoms with E-state index in [1.807, 2.05) is 42.5 Å². The maximum Gasteiger partial charge on any atom is 0.338 e. The van der Waals surface area contributed by atoms with Crippen LogP contribution in [0.2, 0.25) is 0 Å². The van der Waals surface area contributed by atoms with E-state index >= 15 is 0 Å². The molecule has 4 rings (SSSR count). The highest BCUT2D eigenvalue weighted by molar-refractivity contribution is 5.89. The maximum atomic E-state index is 12.3. The minimum absolute atomic E-state index is 0.0610. The van der Waals surface area contributed by atoms with Crippen LogP contribution in [0.15, 0.2) is 73.1 Å². The fourth-order valence-corrected chi connectivity index (χ4v) is 2.87. The van der Waals surface area contributed by atoms with E-state index in [9.17, 15) is 4.79 Å². The third-order valence-corrected chi connectivity index (χ3v) is 4.27. The number of carbonyl (C=O) groups excluding carboxylic acids is 1. The van der Waals surface area contributed by atoms with Crippen molar-refractivity contribution < 1.29 is 9.53 Å². The minimum Gasteiger partial charge on any atom is -0.454 e. The molecule has 0 atom stereocenters. The number of benzene rings is 2. The summed E-state index contributed by atoms with van der Waals surface area (Å²) in [5.74, 6) is 0.197. The van der Waals surface area contributed by atoms with Crippen molar-refractivity contribution in [1.29, 1.82) is 0 Å². The number of esters is 1. The molecule has 26 heavy (non-hydrogen) atoms. The molecule has 0 spiro atoms. The highest BCUT2D eigenvalue weighted by Gasteiger charge is 2.13. The SMILES string of the molecule is O=C(OCc1nncn1-c1ccccc1)c1ccc(N2CC=CC2)cc1. The highest BCUT2D eigenvalue weighted by Crippen LogP contribution is 2.18. The average molecular weight is 346 g/mol. The molecule has 1 aliphatic rings. The van der Waals surface area contributed by atoms with Gasteiger partial charge < -0.3 is 9.64 Å². The molecule has 6 heteroatoms. The van der Waals surface area contributed by atoms with Crippen LogP contribution < -0.4 is 4.90 Å². The van der Waals surface area contributed by atoms with Crippen LogP contribution in [0.25, 0.3) is 5.69 Å². The molecule has 0 fully saturated rings. The number of ether oxygens (including phenoxy) is 1. The van der Waals surface area contributed by atoms with Crippen LogP contribution >= 0.6 is 0 Å². The number of carbonyl (C=O) groups is 1. The molecular formula is C20H18N4O2. The first-order chi connectivity index (χ1) is 12.8. The van der Waals surface area contributed by atoms with Crippen molar-refractivity contribution in [3.63, 3.8) is 0 Å². The first kappa shape index (κ1) is 16.1. The molecule has 0 saturated heterocycles. The molecule has 0 amide bonds. The van der Waals surface area contributed by atoms with Crippen LogP contribution in [-0.4, -0.2) is 33.8 Å². The zero-order valence-corrected chi connectivity index (χ0v) is 14.2. The first-order valence-electron chi connectivity index (χ1n) is 8.43. The van der Waals surface area contributed by atoms with Crippen LogP contribution in [-0.2, 0) is 11.3 Å². The molecule has 2 aromatic carbocycles. The number of hydrogen-bond acceptors (Lipinski definition) is 5. The molecule has 0 unspecified atom stereocenters. The zero-order valence-electron chi connectivity index (χ0n) is 14.2. The van der Waals surface area contributed by atoms with Crippen molar-refractivity contribution in [3.05, 3.63) is 84.5 Å². The quantitative estimate of drug-likeness (QED) is 0.525. The van der Waals surface area contributed by atoms with Crippen LogP contribution in [0, 0.1) is 0 Å². The molecule has 0 saturated carbocycles. The van der Waals surface area contributed by atoms with Crippen molar-refractivity contribution in [2.24, 2.45) is 0 Å². The molecule has 3 aromatic rings. The summed E-state index contributed by atoms with van der Waals surface area (Å²) in [4.78, 5) is 14.5. The number of anilines is 1. The van der Waals surface area contributed by atoms with Gasteiger partial charge in [-0.15, -0.1) is 10.2 Å². The van der Waals surface area contributed by atoms with Gasteiger partial charge in [0.1, 0.15) is 6.33 Å². The molecule has 0 aliphatic carbocycles. The fraction of sp³-hybridized carbons (Fsp3) is 0.150. The number of para-hydroxylation sites is 1. The van der Waals surface area contributed by atoms with Gasteiger partial charge in [0.15, 0.2) is 12.4 Å². The van der Waals surface area contributed by atoms with Crippen LogP contribution in [0.4, 0.5) is 5.69 Å². The second-order valence-electron chi connectivity index (χ2n) is 5.95. The molecule has 6 nitrogen and oxygen atoms in total. The van der Waals surface area contributed by atoms with Crippen molar-refractivity contribution in [2.45, 2.75) is 6.61 Å². The van der Waals surface area contributed by atoms with Gasteiger partial charge in [-0.1, -0.05) is 30.4 Å². The van der Waals surface area contributed by atoms with Gasteiger partial charge in [0.25, 0.3) is 0 Å². The van der Waals surface area contributed by atoms with Crippen molar-refractivity contribution in [1.82, 2.24) is 14.8 Å². The lowest BCUT2D eigenvalue weighted by Crippen LogP contribution is -2.18. The highest BCUT2D eigenvalue weighted by atomic mass is 16.5. The van der Waals surface area contributed by atoms with Gasteiger partial charge in [-0.25, -0.2) is 4.79 Å². The monoisotopic (exact) mass is 346 g/mol. The molecule has 1 aliphatic heterocycles. The van der Waals surface area contributed by atoms with E-state index in [2.05, 4.69) is 27.2 Å². The topological polar surface area (TPSA) is 60.2 Å². The van der Waals surface area contributed by atoms with E-state index in [0.29, 0.717) is 11.4 Å². The van der Waals surface area contributed by atoms with Gasteiger partial charge in [-0.2, -0.15) is 0 Å². The van der Waals surface area contributed by atoms with Crippen molar-refractivity contribution in [2.75, 3.05) is 18.0 Å². The Morgan fingerprint density at radius 1 is 0.962 bits per heavy atom. The van der Waals surface area contributed by atoms with E-state index in [0.717, 1.165) is 24.5 Å². The third-order valence-electron chi connectivity index (χ3n) is 4.27. The second kappa shape index (κ2) is 7.23. The lowest BCUT2D eigenvalue weighted by Gasteiger charge is -2.17. The first-order valence-corrected chi connectivity index (χ1v) is 8.43. The van der Waals surface area contributed by atoms with Crippen LogP contribution in [0.3, 0.4) is 0 Å². The molecular weight excluding hydrogens is 328 g/mol. The fourth-order valence-electron chi connectivity index (χ4n) is 2.87. The molecule has 0 bridgehead atoms. The summed E-state index contributed by atoms with van der Waals surface area (Å²) in [6, 6.07) is 17.2. The van der Waals surface area contributed by atoms with Gasteiger partial charge in [-0.05, 0) is 36.4 Å². The van der Waals surface area contributed by atoms with Gasteiger partial charge in [-0.3, -0.25) is 4.57 Å². The standard InChI is InChI=1S/C20H18N4O2/c25-20(16-8-10-17(11-9-16)23-12-4-5-13-23)26-14-19-22-21-15-24(19)18-6-2-1-3-7-18/h1-11,15H,12-14H2. The minimum atomic E-state index is -0.376. The third kappa shape index (κ3) is 3.35. The Morgan fingerprint density at radius 3 is 2.42 bits per heavy atom. The number of rotatable bonds is 5. The number of aromatic nitrogens is 3. The van der Waals surface area contributed by atoms with E-state index in [4.69, 9.17) is 4.74 Å². The lowest BCUT2D eigenvalue weighted by atomic mass is 10.2. The lowest BCUT2D eigenvalue weighted by molar-refractivity contribution is 0.0460. The summed E-state index contributed by atoms with van der Waals surface area (Å²) in [7, 11) is 0. The second-order valence-corrected chi connectivity index (χ2v) is 5.95. The summed E-state index contributed by atoms with van der Waals surface area (Å²) in [6.07, 6.45) is 5.87. The summed E-state index contributed by atoms with van der Waals surface area (Å²) in [6.45, 7) is 1.86. The largest absolute Gasteiger partial charge is 0.454 e. The predicted molar refractivity (Wildman–Crippen MR) is 98.3 cm³/mol. The smallest absolute Gasteiger partial charge is 0.338 e. The summed E-state index contributed by atoms with van der Waals surface area (Å²) in [5.41, 5.74) is 2.54. The van der Waals surface area contributed by atoms with Gasteiger partial charge in [0.2, 0.25) is 0 Å². The number of nitrogens with zero attached hydrogens (tertiary/aromatic N) is 4. The molecule has 130 valence electrons. The Bertz CT molecular complexity index is 908. The Morgan fingerprint density at radius 2 is 1.69 bits per heavy atom. The van der Waals surface area contributed by atoms with Gasteiger partial charge in [0, 0.05) is 24.5 Å². The Labute approximate surface area is 151 Å². The Hall–Kier alpha value is -3.41. The molecule has 1 aromatic heterocycles. The van der Waals surface area contributed by atoms with Gasteiger partial charge in [0.05, 0.1) is 5.56 Å². The summed E-state index contributed by atoms with van der Waals surface area (Å²) in [5, 5.41) is 7.96. The van der Waals surface area contributed by atoms with E-state index in [1.165, 1.54) is 0 Å². The normalized spacial score (nSPS) is 13.2. The van der Waals surface area contributed by atoms with E-state index < -0.39 is 0 Å². The number of hydrogen-bond donors (Lipinski definition) is 0. The zero-order chi connectivity index (χ0) is 17.8. The Kier molecular flexibility index (Phi) is 4.47. The van der Waals surface area contributed by atoms with Crippen molar-refractivity contribution in [3.8, 4) is 5.69 Å². The van der Waals surface area contributed by atoms with E-state index in [1.54, 1.807) is 23.0 Å². The van der Waals surface area contributed by atoms with Crippen molar-refractivity contribution >= 4 is 11.7 Å². The molecule has 0 radical (unpaired) electrons. The molecule has 0 N–H and O–H groups in total. The summed E-state index contributed by atoms with van der Waals surface area (Å²) >= 11 is 0. The van der Waals surface area contributed by atoms with E-state index in [-0.39, 0.29) is 12.6 Å². The Balaban J connectivity index is 1.41. The summed E-state index contributed by atoms with van der Waals surface area (Å²) < 4.78 is 7.21. The predicted octanol–water partition coefficient (Wildman–Crippen LogP) is 3.00. The van der Waals surface area contributed by atoms with Gasteiger partial charge >= 0.3 is 5.97 Å². The average Bonchev–Trinajstić information content (AvgIpc) is 3.39.